The van der Waals surface area contributed by atoms with Crippen molar-refractivity contribution in [1.82, 2.24) is 15.0 Å². The molecule has 0 bridgehead atoms. The summed E-state index contributed by atoms with van der Waals surface area (Å²) < 4.78 is 38.3. The minimum absolute atomic E-state index is 0.375. The van der Waals surface area contributed by atoms with Crippen LogP contribution in [0.4, 0.5) is 13.2 Å². The number of alkyl halides is 3. The Kier molecular flexibility index (Phi) is 17.7. The van der Waals surface area contributed by atoms with Gasteiger partial charge in [-0.25, -0.2) is 9.97 Å². The average molecular weight is 901 g/mol. The molecule has 0 radical (unpaired) electrons. The molecular weight excluding hydrogens is 859 g/mol. The molecule has 0 amide bonds. The molecule has 8 aromatic heterocycles. The van der Waals surface area contributed by atoms with Crippen LogP contribution >= 0.6 is 79.9 Å². The smallest absolute Gasteiger partial charge is 0.264 e. The second-order valence-corrected chi connectivity index (χ2v) is 20.3. The van der Waals surface area contributed by atoms with Crippen LogP contribution in [-0.2, 0) is 6.18 Å². The van der Waals surface area contributed by atoms with Crippen molar-refractivity contribution in [1.29, 1.82) is 0 Å². The number of fused-ring (bicyclic) bond motifs is 3. The molecule has 0 aliphatic heterocycles. The van der Waals surface area contributed by atoms with Gasteiger partial charge in [-0.3, -0.25) is 4.98 Å². The number of aryl methyl sites for hydroxylation is 8. The topological polar surface area (TPSA) is 38.7 Å². The third kappa shape index (κ3) is 15.5. The summed E-state index contributed by atoms with van der Waals surface area (Å²) in [5.74, 6) is 0. The van der Waals surface area contributed by atoms with Crippen LogP contribution in [0.5, 0.6) is 0 Å². The summed E-state index contributed by atoms with van der Waals surface area (Å²) >= 11 is 20.5. The fourth-order valence-electron chi connectivity index (χ4n) is 5.01. The molecule has 0 saturated carbocycles. The van der Waals surface area contributed by atoms with E-state index in [1.807, 2.05) is 78.5 Å². The molecule has 9 aromatic rings. The molecule has 3 nitrogen and oxygen atoms in total. The molecule has 0 aliphatic rings. The SMILES string of the molecule is Cc1cc(Cl)c(C)s1.Cc1cc2ccc(Cl)cc2s1.Cc1cc2cccnc2s1.Cc1cc2cnccc2s1.Cc1ccc(C)s1.Cc1cccc(C(F)(F)F)n1. The molecule has 13 heteroatoms. The van der Waals surface area contributed by atoms with Crippen LogP contribution in [0.25, 0.3) is 30.4 Å². The summed E-state index contributed by atoms with van der Waals surface area (Å²) in [5, 5.41) is 5.51. The number of hydrogen-bond donors (Lipinski definition) is 0. The fraction of sp³-hybridized carbons (Fsp3) is 0.205. The predicted molar refractivity (Wildman–Crippen MR) is 247 cm³/mol. The number of nitrogens with zero attached hydrogens (tertiary/aromatic N) is 3. The maximum absolute atomic E-state index is 11.9. The first-order chi connectivity index (χ1) is 27.0. The highest BCUT2D eigenvalue weighted by atomic mass is 35.5. The molecule has 0 unspecified atom stereocenters. The van der Waals surface area contributed by atoms with Gasteiger partial charge in [-0.15, -0.1) is 56.7 Å². The van der Waals surface area contributed by atoms with E-state index >= 15 is 0 Å². The molecule has 0 spiro atoms. The molecule has 0 aliphatic carbocycles. The molecular formula is C44H42Cl2F3N3S5. The molecule has 1 aromatic carbocycles. The molecule has 9 rings (SSSR count). The molecule has 0 fully saturated rings. The number of benzene rings is 1. The van der Waals surface area contributed by atoms with Crippen LogP contribution in [-0.4, -0.2) is 15.0 Å². The van der Waals surface area contributed by atoms with Crippen LogP contribution in [0.15, 0.2) is 110 Å². The normalized spacial score (nSPS) is 10.5. The van der Waals surface area contributed by atoms with E-state index in [0.29, 0.717) is 5.69 Å². The van der Waals surface area contributed by atoms with Gasteiger partial charge in [-0.1, -0.05) is 41.4 Å². The first kappa shape index (κ1) is 46.0. The Morgan fingerprint density at radius 3 is 1.68 bits per heavy atom. The summed E-state index contributed by atoms with van der Waals surface area (Å²) in [5.41, 5.74) is -0.461. The number of pyridine rings is 3. The Labute approximate surface area is 362 Å². The molecule has 8 heterocycles. The van der Waals surface area contributed by atoms with Crippen molar-refractivity contribution < 1.29 is 13.2 Å². The van der Waals surface area contributed by atoms with Gasteiger partial charge in [-0.05, 0) is 134 Å². The van der Waals surface area contributed by atoms with Gasteiger partial charge >= 0.3 is 6.18 Å². The Balaban J connectivity index is 0.000000153. The van der Waals surface area contributed by atoms with Gasteiger partial charge in [-0.2, -0.15) is 13.2 Å². The van der Waals surface area contributed by atoms with Crippen LogP contribution < -0.4 is 0 Å². The zero-order valence-corrected chi connectivity index (χ0v) is 38.3. The molecule has 0 atom stereocenters. The van der Waals surface area contributed by atoms with Gasteiger partial charge in [0.2, 0.25) is 0 Å². The lowest BCUT2D eigenvalue weighted by Gasteiger charge is -2.04. The van der Waals surface area contributed by atoms with Gasteiger partial charge in [0.25, 0.3) is 0 Å². The summed E-state index contributed by atoms with van der Waals surface area (Å²) in [7, 11) is 0. The van der Waals surface area contributed by atoms with Crippen molar-refractivity contribution in [2.45, 2.75) is 61.6 Å². The van der Waals surface area contributed by atoms with Gasteiger partial charge in [0.15, 0.2) is 0 Å². The van der Waals surface area contributed by atoms with Crippen molar-refractivity contribution in [3.63, 3.8) is 0 Å². The lowest BCUT2D eigenvalue weighted by Crippen LogP contribution is -2.07. The highest BCUT2D eigenvalue weighted by Crippen LogP contribution is 2.29. The Morgan fingerprint density at radius 2 is 1.16 bits per heavy atom. The number of halogens is 5. The number of hydrogen-bond acceptors (Lipinski definition) is 8. The molecule has 298 valence electrons. The lowest BCUT2D eigenvalue weighted by molar-refractivity contribution is -0.141. The third-order valence-electron chi connectivity index (χ3n) is 7.50. The predicted octanol–water partition coefficient (Wildman–Crippen LogP) is 16.9. The van der Waals surface area contributed by atoms with Crippen molar-refractivity contribution in [3.05, 3.63) is 165 Å². The average Bonchev–Trinajstić information content (AvgIpc) is 3.96. The molecule has 0 saturated heterocycles. The minimum Gasteiger partial charge on any atom is -0.264 e. The first-order valence-corrected chi connectivity index (χ1v) is 22.3. The summed E-state index contributed by atoms with van der Waals surface area (Å²) in [6.07, 6.45) is 1.24. The number of rotatable bonds is 0. The highest BCUT2D eigenvalue weighted by Gasteiger charge is 2.32. The maximum atomic E-state index is 11.9. The largest absolute Gasteiger partial charge is 0.433 e. The van der Waals surface area contributed by atoms with Crippen molar-refractivity contribution in [2.24, 2.45) is 0 Å². The van der Waals surface area contributed by atoms with Crippen molar-refractivity contribution in [3.8, 4) is 0 Å². The number of aromatic nitrogens is 3. The Bertz CT molecular complexity index is 2440. The second-order valence-electron chi connectivity index (χ2n) is 12.6. The summed E-state index contributed by atoms with van der Waals surface area (Å²) in [6, 6.07) is 28.7. The van der Waals surface area contributed by atoms with Gasteiger partial charge in [0.1, 0.15) is 10.5 Å². The standard InChI is InChI=1S/C9H7ClS.2C8H7NS.C7H6F3N.C6H7ClS.C6H8S/c1-6-4-7-2-3-8(10)5-9(7)11-6;1-6-4-7-5-9-3-2-8(7)10-6;1-6-5-7-3-2-4-9-8(7)10-6;1-5-3-2-4-6(11-5)7(8,9)10;1-4-3-6(7)5(2)8-4;1-5-3-4-6(2)7-5/h2-5H,1H3;2*2-5H,1H3;2-4H,1H3;3H,1-2H3;3-4H,1-2H3. The zero-order valence-electron chi connectivity index (χ0n) is 32.7. The second kappa shape index (κ2) is 21.9. The van der Waals surface area contributed by atoms with E-state index in [1.54, 1.807) is 34.0 Å². The summed E-state index contributed by atoms with van der Waals surface area (Å²) in [4.78, 5) is 22.0. The van der Waals surface area contributed by atoms with Gasteiger partial charge < -0.3 is 0 Å². The van der Waals surface area contributed by atoms with E-state index in [4.69, 9.17) is 23.2 Å². The third-order valence-corrected chi connectivity index (χ3v) is 13.1. The first-order valence-electron chi connectivity index (χ1n) is 17.5. The van der Waals surface area contributed by atoms with Crippen LogP contribution in [0.3, 0.4) is 0 Å². The van der Waals surface area contributed by atoms with Crippen LogP contribution in [0.1, 0.15) is 45.5 Å². The Hall–Kier alpha value is -3.68. The minimum atomic E-state index is -4.33. The summed E-state index contributed by atoms with van der Waals surface area (Å²) in [6.45, 7) is 16.2. The Morgan fingerprint density at radius 1 is 0.526 bits per heavy atom. The van der Waals surface area contributed by atoms with E-state index in [0.717, 1.165) is 20.9 Å². The monoisotopic (exact) mass is 899 g/mol. The van der Waals surface area contributed by atoms with E-state index < -0.39 is 11.9 Å². The van der Waals surface area contributed by atoms with Gasteiger partial charge in [0, 0.05) is 83.6 Å². The molecule has 0 N–H and O–H groups in total. The quantitative estimate of drug-likeness (QED) is 0.152. The van der Waals surface area contributed by atoms with Crippen LogP contribution in [0.2, 0.25) is 10.0 Å². The highest BCUT2D eigenvalue weighted by molar-refractivity contribution is 7.19. The number of thiophene rings is 5. The van der Waals surface area contributed by atoms with E-state index in [1.165, 1.54) is 78.8 Å². The zero-order chi connectivity index (χ0) is 41.7. The van der Waals surface area contributed by atoms with Crippen molar-refractivity contribution in [2.75, 3.05) is 0 Å². The lowest BCUT2D eigenvalue weighted by atomic mass is 10.2. The van der Waals surface area contributed by atoms with E-state index in [-0.39, 0.29) is 0 Å². The maximum Gasteiger partial charge on any atom is 0.433 e. The van der Waals surface area contributed by atoms with Crippen molar-refractivity contribution >= 4 is 110 Å². The molecule has 57 heavy (non-hydrogen) atoms. The van der Waals surface area contributed by atoms with Crippen LogP contribution in [0, 0.1) is 55.4 Å². The van der Waals surface area contributed by atoms with Gasteiger partial charge in [0.05, 0.1) is 5.02 Å². The fourth-order valence-corrected chi connectivity index (χ4v) is 9.89. The van der Waals surface area contributed by atoms with E-state index in [9.17, 15) is 13.2 Å². The van der Waals surface area contributed by atoms with E-state index in [2.05, 4.69) is 99.0 Å².